The minimum Gasteiger partial charge on any atom is -0.290 e. The zero-order valence-corrected chi connectivity index (χ0v) is 6.19. The predicted octanol–water partition coefficient (Wildman–Crippen LogP) is -0.636. The van der Waals surface area contributed by atoms with E-state index in [1.807, 2.05) is 11.9 Å². The average Bonchev–Trinajstić information content (AvgIpc) is 2.34. The molecule has 58 valence electrons. The minimum atomic E-state index is -0.00810. The number of nitrogens with zero attached hydrogens (tertiary/aromatic N) is 4. The Balaban J connectivity index is 2.44. The van der Waals surface area contributed by atoms with Crippen LogP contribution in [0.2, 0.25) is 0 Å². The first-order chi connectivity index (χ1) is 5.27. The number of carbonyl (C=O) groups excluding carboxylic acids is 1. The summed E-state index contributed by atoms with van der Waals surface area (Å²) in [5.74, 6) is 0.718. The van der Waals surface area contributed by atoms with Crippen LogP contribution in [0.5, 0.6) is 0 Å². The van der Waals surface area contributed by atoms with Crippen molar-refractivity contribution in [3.05, 3.63) is 12.2 Å². The molecule has 0 bridgehead atoms. The van der Waals surface area contributed by atoms with Gasteiger partial charge in [-0.2, -0.15) is 9.78 Å². The van der Waals surface area contributed by atoms with Gasteiger partial charge >= 0.3 is 0 Å². The molecule has 0 N–H and O–H groups in total. The van der Waals surface area contributed by atoms with Gasteiger partial charge in [-0.15, -0.1) is 0 Å². The highest BCUT2D eigenvalue weighted by molar-refractivity contribution is 5.81. The Morgan fingerprint density at radius 3 is 3.18 bits per heavy atom. The zero-order valence-electron chi connectivity index (χ0n) is 6.19. The lowest BCUT2D eigenvalue weighted by atomic mass is 10.4. The van der Waals surface area contributed by atoms with Crippen molar-refractivity contribution in [2.24, 2.45) is 0 Å². The van der Waals surface area contributed by atoms with Gasteiger partial charge < -0.3 is 0 Å². The SMILES string of the molecule is CN1CC(=O)n2ncnc2C1. The van der Waals surface area contributed by atoms with E-state index in [4.69, 9.17) is 0 Å². The third-order valence-electron chi connectivity index (χ3n) is 1.67. The number of hydrogen-bond acceptors (Lipinski definition) is 4. The van der Waals surface area contributed by atoms with Crippen molar-refractivity contribution < 1.29 is 4.79 Å². The Kier molecular flexibility index (Phi) is 1.25. The highest BCUT2D eigenvalue weighted by Crippen LogP contribution is 2.04. The molecule has 5 nitrogen and oxygen atoms in total. The van der Waals surface area contributed by atoms with E-state index in [-0.39, 0.29) is 5.91 Å². The quantitative estimate of drug-likeness (QED) is 0.496. The average molecular weight is 152 g/mol. The van der Waals surface area contributed by atoms with Crippen LogP contribution < -0.4 is 0 Å². The van der Waals surface area contributed by atoms with Crippen molar-refractivity contribution in [2.75, 3.05) is 13.6 Å². The van der Waals surface area contributed by atoms with E-state index in [2.05, 4.69) is 10.1 Å². The Bertz CT molecular complexity index is 293. The molecule has 1 aromatic rings. The summed E-state index contributed by atoms with van der Waals surface area (Å²) in [6, 6.07) is 0. The number of aromatic nitrogens is 3. The van der Waals surface area contributed by atoms with Crippen molar-refractivity contribution in [1.29, 1.82) is 0 Å². The molecule has 2 heterocycles. The van der Waals surface area contributed by atoms with Crippen LogP contribution in [0.4, 0.5) is 0 Å². The van der Waals surface area contributed by atoms with E-state index in [1.54, 1.807) is 0 Å². The third kappa shape index (κ3) is 0.932. The second kappa shape index (κ2) is 2.13. The minimum absolute atomic E-state index is 0.00810. The van der Waals surface area contributed by atoms with Gasteiger partial charge in [-0.05, 0) is 7.05 Å². The Labute approximate surface area is 63.6 Å². The van der Waals surface area contributed by atoms with Gasteiger partial charge in [0.2, 0.25) is 0 Å². The van der Waals surface area contributed by atoms with Crippen LogP contribution in [-0.2, 0) is 6.54 Å². The van der Waals surface area contributed by atoms with Gasteiger partial charge in [0.15, 0.2) is 0 Å². The molecular weight excluding hydrogens is 144 g/mol. The van der Waals surface area contributed by atoms with Gasteiger partial charge in [0.05, 0.1) is 13.1 Å². The lowest BCUT2D eigenvalue weighted by Crippen LogP contribution is -2.37. The van der Waals surface area contributed by atoms with Crippen LogP contribution >= 0.6 is 0 Å². The van der Waals surface area contributed by atoms with Gasteiger partial charge in [0.25, 0.3) is 5.91 Å². The summed E-state index contributed by atoms with van der Waals surface area (Å²) in [5.41, 5.74) is 0. The molecule has 0 fully saturated rings. The molecule has 1 aromatic heterocycles. The lowest BCUT2D eigenvalue weighted by molar-refractivity contribution is 0.0796. The first-order valence-corrected chi connectivity index (χ1v) is 3.38. The first kappa shape index (κ1) is 6.48. The Morgan fingerprint density at radius 1 is 1.55 bits per heavy atom. The van der Waals surface area contributed by atoms with E-state index in [9.17, 15) is 4.79 Å². The van der Waals surface area contributed by atoms with Crippen molar-refractivity contribution >= 4 is 5.91 Å². The molecule has 0 saturated heterocycles. The summed E-state index contributed by atoms with van der Waals surface area (Å²) in [4.78, 5) is 17.0. The summed E-state index contributed by atoms with van der Waals surface area (Å²) < 4.78 is 1.36. The number of likely N-dealkylation sites (N-methyl/N-ethyl adjacent to an activating group) is 1. The van der Waals surface area contributed by atoms with Gasteiger partial charge in [-0.25, -0.2) is 4.98 Å². The van der Waals surface area contributed by atoms with Gasteiger partial charge in [0, 0.05) is 0 Å². The number of carbonyl (C=O) groups is 1. The second-order valence-corrected chi connectivity index (χ2v) is 2.65. The monoisotopic (exact) mass is 152 g/mol. The molecule has 0 amide bonds. The number of hydrogen-bond donors (Lipinski definition) is 0. The second-order valence-electron chi connectivity index (χ2n) is 2.65. The van der Waals surface area contributed by atoms with Crippen LogP contribution in [-0.4, -0.2) is 39.2 Å². The molecule has 1 aliphatic heterocycles. The Hall–Kier alpha value is -1.23. The van der Waals surface area contributed by atoms with Crippen molar-refractivity contribution in [3.63, 3.8) is 0 Å². The standard InChI is InChI=1S/C6H8N4O/c1-9-2-5-7-4-8-10(5)6(11)3-9/h4H,2-3H2,1H3. The third-order valence-corrected chi connectivity index (χ3v) is 1.67. The molecule has 0 aliphatic carbocycles. The highest BCUT2D eigenvalue weighted by Gasteiger charge is 2.20. The normalized spacial score (nSPS) is 18.5. The summed E-state index contributed by atoms with van der Waals surface area (Å²) >= 11 is 0. The smallest absolute Gasteiger partial charge is 0.262 e. The molecule has 2 rings (SSSR count). The van der Waals surface area contributed by atoms with Crippen LogP contribution in [0.3, 0.4) is 0 Å². The first-order valence-electron chi connectivity index (χ1n) is 3.38. The molecule has 11 heavy (non-hydrogen) atoms. The lowest BCUT2D eigenvalue weighted by Gasteiger charge is -2.20. The molecule has 0 unspecified atom stereocenters. The fourth-order valence-electron chi connectivity index (χ4n) is 1.18. The van der Waals surface area contributed by atoms with E-state index in [1.165, 1.54) is 11.0 Å². The summed E-state index contributed by atoms with van der Waals surface area (Å²) in [6.45, 7) is 1.13. The summed E-state index contributed by atoms with van der Waals surface area (Å²) in [7, 11) is 1.88. The van der Waals surface area contributed by atoms with Gasteiger partial charge in [0.1, 0.15) is 12.2 Å². The zero-order chi connectivity index (χ0) is 7.84. The van der Waals surface area contributed by atoms with E-state index >= 15 is 0 Å². The maximum Gasteiger partial charge on any atom is 0.262 e. The fourth-order valence-corrected chi connectivity index (χ4v) is 1.18. The van der Waals surface area contributed by atoms with Crippen molar-refractivity contribution in [3.8, 4) is 0 Å². The molecular formula is C6H8N4O. The predicted molar refractivity (Wildman–Crippen MR) is 37.0 cm³/mol. The maximum absolute atomic E-state index is 11.2. The van der Waals surface area contributed by atoms with Crippen molar-refractivity contribution in [2.45, 2.75) is 6.54 Å². The molecule has 0 atom stereocenters. The van der Waals surface area contributed by atoms with Gasteiger partial charge in [-0.3, -0.25) is 9.69 Å². The molecule has 0 radical (unpaired) electrons. The molecule has 0 spiro atoms. The summed E-state index contributed by atoms with van der Waals surface area (Å²) in [6.07, 6.45) is 1.41. The fraction of sp³-hybridized carbons (Fsp3) is 0.500. The molecule has 1 aliphatic rings. The molecule has 5 heteroatoms. The largest absolute Gasteiger partial charge is 0.290 e. The van der Waals surface area contributed by atoms with E-state index < -0.39 is 0 Å². The van der Waals surface area contributed by atoms with Crippen molar-refractivity contribution in [1.82, 2.24) is 19.7 Å². The van der Waals surface area contributed by atoms with E-state index in [0.29, 0.717) is 13.1 Å². The van der Waals surface area contributed by atoms with Gasteiger partial charge in [-0.1, -0.05) is 0 Å². The maximum atomic E-state index is 11.2. The topological polar surface area (TPSA) is 51.0 Å². The number of rotatable bonds is 0. The van der Waals surface area contributed by atoms with Crippen LogP contribution in [0.1, 0.15) is 10.6 Å². The van der Waals surface area contributed by atoms with Crippen LogP contribution in [0, 0.1) is 0 Å². The number of fused-ring (bicyclic) bond motifs is 1. The Morgan fingerprint density at radius 2 is 2.36 bits per heavy atom. The summed E-state index contributed by atoms with van der Waals surface area (Å²) in [5, 5.41) is 3.80. The van der Waals surface area contributed by atoms with Crippen LogP contribution in [0.15, 0.2) is 6.33 Å². The molecule has 0 saturated carbocycles. The molecule has 0 aromatic carbocycles. The highest BCUT2D eigenvalue weighted by atomic mass is 16.2. The van der Waals surface area contributed by atoms with E-state index in [0.717, 1.165) is 5.82 Å². The van der Waals surface area contributed by atoms with Crippen LogP contribution in [0.25, 0.3) is 0 Å².